The molecule has 0 spiro atoms. The Bertz CT molecular complexity index is 702. The summed E-state index contributed by atoms with van der Waals surface area (Å²) in [5.41, 5.74) is 2.88. The van der Waals surface area contributed by atoms with E-state index in [-0.39, 0.29) is 12.5 Å². The minimum Gasteiger partial charge on any atom is -0.484 e. The van der Waals surface area contributed by atoms with Crippen molar-refractivity contribution in [1.82, 2.24) is 4.90 Å². The van der Waals surface area contributed by atoms with E-state index in [9.17, 15) is 4.79 Å². The van der Waals surface area contributed by atoms with E-state index in [1.54, 1.807) is 29.2 Å². The second-order valence-electron chi connectivity index (χ2n) is 5.26. The van der Waals surface area contributed by atoms with Gasteiger partial charge in [0.05, 0.1) is 11.6 Å². The van der Waals surface area contributed by atoms with E-state index < -0.39 is 0 Å². The van der Waals surface area contributed by atoms with Gasteiger partial charge in [0.1, 0.15) is 5.75 Å². The number of nitrogens with zero attached hydrogens (tertiary/aromatic N) is 2. The fourth-order valence-corrected chi connectivity index (χ4v) is 2.23. The molecule has 0 N–H and O–H groups in total. The maximum Gasteiger partial charge on any atom is 0.260 e. The molecule has 4 heteroatoms. The van der Waals surface area contributed by atoms with Gasteiger partial charge in [0, 0.05) is 13.1 Å². The Morgan fingerprint density at radius 1 is 1.17 bits per heavy atom. The number of carbonyl (C=O) groups is 1. The molecule has 0 bridgehead atoms. The molecule has 2 aromatic rings. The fourth-order valence-electron chi connectivity index (χ4n) is 2.23. The Morgan fingerprint density at radius 2 is 1.87 bits per heavy atom. The fraction of sp³-hybridized carbons (Fsp3) is 0.263. The van der Waals surface area contributed by atoms with Crippen molar-refractivity contribution in [1.29, 1.82) is 5.26 Å². The maximum atomic E-state index is 12.3. The molecule has 0 aromatic heterocycles. The minimum atomic E-state index is -0.0555. The summed E-state index contributed by atoms with van der Waals surface area (Å²) in [7, 11) is 0. The molecule has 0 aliphatic carbocycles. The Kier molecular flexibility index (Phi) is 5.76. The van der Waals surface area contributed by atoms with Gasteiger partial charge in [-0.1, -0.05) is 24.3 Å². The van der Waals surface area contributed by atoms with Crippen LogP contribution >= 0.6 is 0 Å². The van der Waals surface area contributed by atoms with Crippen LogP contribution in [0, 0.1) is 18.3 Å². The molecule has 0 fully saturated rings. The molecule has 0 unspecified atom stereocenters. The van der Waals surface area contributed by atoms with Crippen LogP contribution in [0.15, 0.2) is 48.5 Å². The van der Waals surface area contributed by atoms with Crippen molar-refractivity contribution < 1.29 is 9.53 Å². The number of aryl methyl sites for hydroxylation is 1. The molecule has 4 nitrogen and oxygen atoms in total. The second-order valence-corrected chi connectivity index (χ2v) is 5.26. The van der Waals surface area contributed by atoms with Crippen LogP contribution in [0.5, 0.6) is 5.75 Å². The highest BCUT2D eigenvalue weighted by molar-refractivity contribution is 5.77. The van der Waals surface area contributed by atoms with Crippen LogP contribution in [0.2, 0.25) is 0 Å². The third kappa shape index (κ3) is 4.58. The van der Waals surface area contributed by atoms with E-state index in [1.165, 1.54) is 5.56 Å². The number of likely N-dealkylation sites (N-methyl/N-ethyl adjacent to an activating group) is 1. The molecule has 2 aromatic carbocycles. The molecule has 0 aliphatic heterocycles. The van der Waals surface area contributed by atoms with E-state index in [2.05, 4.69) is 0 Å². The number of benzene rings is 2. The molecule has 0 saturated carbocycles. The van der Waals surface area contributed by atoms with Crippen LogP contribution < -0.4 is 4.74 Å². The molecule has 2 rings (SSSR count). The maximum absolute atomic E-state index is 12.3. The van der Waals surface area contributed by atoms with Gasteiger partial charge >= 0.3 is 0 Å². The first kappa shape index (κ1) is 16.6. The van der Waals surface area contributed by atoms with Crippen LogP contribution in [0.3, 0.4) is 0 Å². The molecule has 0 saturated heterocycles. The monoisotopic (exact) mass is 308 g/mol. The average Bonchev–Trinajstić information content (AvgIpc) is 2.59. The molecule has 0 atom stereocenters. The predicted octanol–water partition coefficient (Wildman–Crippen LogP) is 3.29. The first-order chi connectivity index (χ1) is 11.1. The lowest BCUT2D eigenvalue weighted by atomic mass is 10.1. The Hall–Kier alpha value is -2.80. The van der Waals surface area contributed by atoms with E-state index in [4.69, 9.17) is 10.00 Å². The summed E-state index contributed by atoms with van der Waals surface area (Å²) in [6.07, 6.45) is 0. The Balaban J connectivity index is 1.94. The van der Waals surface area contributed by atoms with Crippen LogP contribution in [0.1, 0.15) is 23.6 Å². The van der Waals surface area contributed by atoms with Crippen LogP contribution in [-0.2, 0) is 11.3 Å². The third-order valence-corrected chi connectivity index (χ3v) is 3.70. The van der Waals surface area contributed by atoms with Gasteiger partial charge in [-0.05, 0) is 49.2 Å². The number of rotatable bonds is 6. The van der Waals surface area contributed by atoms with Gasteiger partial charge in [0.15, 0.2) is 6.61 Å². The van der Waals surface area contributed by atoms with Crippen molar-refractivity contribution in [3.05, 3.63) is 65.2 Å². The van der Waals surface area contributed by atoms with Crippen LogP contribution in [0.4, 0.5) is 0 Å². The lowest BCUT2D eigenvalue weighted by Gasteiger charge is -2.22. The highest BCUT2D eigenvalue weighted by Crippen LogP contribution is 2.13. The molecule has 0 aliphatic rings. The average molecular weight is 308 g/mol. The lowest BCUT2D eigenvalue weighted by Crippen LogP contribution is -2.34. The summed E-state index contributed by atoms with van der Waals surface area (Å²) in [5, 5.41) is 8.76. The third-order valence-electron chi connectivity index (χ3n) is 3.70. The first-order valence-electron chi connectivity index (χ1n) is 7.59. The van der Waals surface area contributed by atoms with Gasteiger partial charge in [0.25, 0.3) is 5.91 Å². The number of carbonyl (C=O) groups excluding carboxylic acids is 1. The van der Waals surface area contributed by atoms with E-state index in [0.717, 1.165) is 5.56 Å². The molecular weight excluding hydrogens is 288 g/mol. The Morgan fingerprint density at radius 3 is 2.48 bits per heavy atom. The molecule has 23 heavy (non-hydrogen) atoms. The van der Waals surface area contributed by atoms with E-state index in [0.29, 0.717) is 24.4 Å². The molecular formula is C19H20N2O2. The highest BCUT2D eigenvalue weighted by atomic mass is 16.5. The molecule has 0 radical (unpaired) electrons. The topological polar surface area (TPSA) is 53.3 Å². The summed E-state index contributed by atoms with van der Waals surface area (Å²) in [4.78, 5) is 14.1. The van der Waals surface area contributed by atoms with Crippen molar-refractivity contribution in [3.63, 3.8) is 0 Å². The summed E-state index contributed by atoms with van der Waals surface area (Å²) in [5.74, 6) is 0.532. The second kappa shape index (κ2) is 8.00. The van der Waals surface area contributed by atoms with Crippen molar-refractivity contribution in [2.75, 3.05) is 13.2 Å². The summed E-state index contributed by atoms with van der Waals surface area (Å²) < 4.78 is 5.52. The van der Waals surface area contributed by atoms with Crippen molar-refractivity contribution in [2.45, 2.75) is 20.4 Å². The normalized spacial score (nSPS) is 9.96. The zero-order chi connectivity index (χ0) is 16.7. The van der Waals surface area contributed by atoms with Crippen molar-refractivity contribution >= 4 is 5.91 Å². The summed E-state index contributed by atoms with van der Waals surface area (Å²) in [6.45, 7) is 5.20. The standard InChI is InChI=1S/C19H20N2O2/c1-3-21(13-17-7-5-4-6-15(17)2)19(22)14-23-18-10-8-16(12-20)9-11-18/h4-11H,3,13-14H2,1-2H3. The number of hydrogen-bond acceptors (Lipinski definition) is 3. The summed E-state index contributed by atoms with van der Waals surface area (Å²) >= 11 is 0. The van der Waals surface area contributed by atoms with Crippen LogP contribution in [0.25, 0.3) is 0 Å². The smallest absolute Gasteiger partial charge is 0.260 e. The van der Waals surface area contributed by atoms with Gasteiger partial charge < -0.3 is 9.64 Å². The van der Waals surface area contributed by atoms with Crippen molar-refractivity contribution in [3.8, 4) is 11.8 Å². The van der Waals surface area contributed by atoms with Crippen LogP contribution in [-0.4, -0.2) is 24.0 Å². The molecule has 0 heterocycles. The lowest BCUT2D eigenvalue weighted by molar-refractivity contribution is -0.133. The zero-order valence-electron chi connectivity index (χ0n) is 13.5. The van der Waals surface area contributed by atoms with E-state index in [1.807, 2.05) is 44.2 Å². The number of amides is 1. The highest BCUT2D eigenvalue weighted by Gasteiger charge is 2.13. The zero-order valence-corrected chi connectivity index (χ0v) is 13.5. The molecule has 118 valence electrons. The SMILES string of the molecule is CCN(Cc1ccccc1C)C(=O)COc1ccc(C#N)cc1. The van der Waals surface area contributed by atoms with Gasteiger partial charge in [-0.3, -0.25) is 4.79 Å². The van der Waals surface area contributed by atoms with Crippen molar-refractivity contribution in [2.24, 2.45) is 0 Å². The molecule has 1 amide bonds. The predicted molar refractivity (Wildman–Crippen MR) is 88.9 cm³/mol. The largest absolute Gasteiger partial charge is 0.484 e. The van der Waals surface area contributed by atoms with E-state index >= 15 is 0 Å². The number of ether oxygens (including phenoxy) is 1. The summed E-state index contributed by atoms with van der Waals surface area (Å²) in [6, 6.07) is 16.8. The Labute approximate surface area is 136 Å². The van der Waals surface area contributed by atoms with Gasteiger partial charge in [-0.2, -0.15) is 5.26 Å². The number of hydrogen-bond donors (Lipinski definition) is 0. The van der Waals surface area contributed by atoms with Gasteiger partial charge in [-0.25, -0.2) is 0 Å². The quantitative estimate of drug-likeness (QED) is 0.823. The first-order valence-corrected chi connectivity index (χ1v) is 7.59. The number of nitriles is 1. The minimum absolute atomic E-state index is 0.00831. The van der Waals surface area contributed by atoms with Gasteiger partial charge in [0.2, 0.25) is 0 Å². The van der Waals surface area contributed by atoms with Gasteiger partial charge in [-0.15, -0.1) is 0 Å².